The molecule has 5 heteroatoms. The number of hydrogen-bond donors (Lipinski definition) is 2. The Morgan fingerprint density at radius 3 is 3.00 bits per heavy atom. The molecule has 1 aliphatic rings. The van der Waals surface area contributed by atoms with Crippen LogP contribution in [0.25, 0.3) is 0 Å². The molecule has 0 saturated carbocycles. The van der Waals surface area contributed by atoms with Gasteiger partial charge < -0.3 is 20.1 Å². The van der Waals surface area contributed by atoms with Crippen LogP contribution in [0.4, 0.5) is 5.69 Å². The van der Waals surface area contributed by atoms with E-state index in [1.165, 1.54) is 25.5 Å². The van der Waals surface area contributed by atoms with Crippen molar-refractivity contribution in [2.24, 2.45) is 5.92 Å². The van der Waals surface area contributed by atoms with Crippen molar-refractivity contribution in [3.63, 3.8) is 0 Å². The summed E-state index contributed by atoms with van der Waals surface area (Å²) in [4.78, 5) is 11.7. The Morgan fingerprint density at radius 1 is 1.45 bits per heavy atom. The van der Waals surface area contributed by atoms with Gasteiger partial charge in [0, 0.05) is 7.11 Å². The summed E-state index contributed by atoms with van der Waals surface area (Å²) in [6.07, 6.45) is 3.55. The maximum atomic E-state index is 11.7. The minimum Gasteiger partial charge on any atom is -0.492 e. The Bertz CT molecular complexity index is 485. The summed E-state index contributed by atoms with van der Waals surface area (Å²) in [5.74, 6) is 1.23. The van der Waals surface area contributed by atoms with Gasteiger partial charge in [0.1, 0.15) is 12.4 Å². The molecular weight excluding hydrogens is 280 g/mol. The molecule has 0 aliphatic carbocycles. The van der Waals surface area contributed by atoms with Gasteiger partial charge in [-0.05, 0) is 62.9 Å². The zero-order chi connectivity index (χ0) is 15.8. The first-order valence-electron chi connectivity index (χ1n) is 7.98. The molecule has 0 bridgehead atoms. The van der Waals surface area contributed by atoms with Gasteiger partial charge in [0.25, 0.3) is 0 Å². The first-order chi connectivity index (χ1) is 10.7. The van der Waals surface area contributed by atoms with Crippen LogP contribution in [0.5, 0.6) is 5.75 Å². The van der Waals surface area contributed by atoms with E-state index in [1.807, 2.05) is 19.1 Å². The minimum atomic E-state index is -0.173. The number of benzene rings is 1. The van der Waals surface area contributed by atoms with Gasteiger partial charge in [-0.3, -0.25) is 4.79 Å². The standard InChI is InChI=1S/C17H26N2O3/c1-3-22-16-10-13(9-14-5-4-8-18-11-14)6-7-15(16)19-17(20)12-21-2/h6-7,10,14,18H,3-5,8-9,11-12H2,1-2H3,(H,19,20). The molecule has 1 saturated heterocycles. The fraction of sp³-hybridized carbons (Fsp3) is 0.588. The van der Waals surface area contributed by atoms with E-state index in [1.54, 1.807) is 0 Å². The molecule has 5 nitrogen and oxygen atoms in total. The Hall–Kier alpha value is -1.59. The molecule has 1 amide bonds. The second-order valence-corrected chi connectivity index (χ2v) is 5.66. The highest BCUT2D eigenvalue weighted by Crippen LogP contribution is 2.28. The molecule has 0 radical (unpaired) electrons. The molecule has 1 fully saturated rings. The first kappa shape index (κ1) is 16.8. The molecule has 22 heavy (non-hydrogen) atoms. The summed E-state index contributed by atoms with van der Waals surface area (Å²) < 4.78 is 10.5. The lowest BCUT2D eigenvalue weighted by Gasteiger charge is -2.23. The number of hydrogen-bond acceptors (Lipinski definition) is 4. The maximum Gasteiger partial charge on any atom is 0.250 e. The topological polar surface area (TPSA) is 59.6 Å². The van der Waals surface area contributed by atoms with Crippen molar-refractivity contribution in [3.05, 3.63) is 23.8 Å². The number of carbonyl (C=O) groups is 1. The van der Waals surface area contributed by atoms with E-state index in [4.69, 9.17) is 9.47 Å². The second kappa shape index (κ2) is 8.76. The van der Waals surface area contributed by atoms with E-state index in [0.717, 1.165) is 25.3 Å². The predicted molar refractivity (Wildman–Crippen MR) is 87.4 cm³/mol. The molecule has 1 atom stereocenters. The van der Waals surface area contributed by atoms with Crippen LogP contribution in [0.3, 0.4) is 0 Å². The van der Waals surface area contributed by atoms with Crippen molar-refractivity contribution >= 4 is 11.6 Å². The molecule has 122 valence electrons. The Kier molecular flexibility index (Phi) is 6.68. The molecule has 0 spiro atoms. The number of methoxy groups -OCH3 is 1. The van der Waals surface area contributed by atoms with Crippen LogP contribution >= 0.6 is 0 Å². The van der Waals surface area contributed by atoms with Crippen LogP contribution in [0.1, 0.15) is 25.3 Å². The van der Waals surface area contributed by atoms with Crippen LogP contribution in [0, 0.1) is 5.92 Å². The summed E-state index contributed by atoms with van der Waals surface area (Å²) in [6, 6.07) is 6.03. The molecule has 1 aromatic rings. The predicted octanol–water partition coefficient (Wildman–Crippen LogP) is 2.21. The third-order valence-corrected chi connectivity index (χ3v) is 3.82. The SMILES string of the molecule is CCOc1cc(CC2CCCNC2)ccc1NC(=O)COC. The third-order valence-electron chi connectivity index (χ3n) is 3.82. The van der Waals surface area contributed by atoms with E-state index in [-0.39, 0.29) is 12.5 Å². The molecule has 1 heterocycles. The van der Waals surface area contributed by atoms with Crippen molar-refractivity contribution < 1.29 is 14.3 Å². The number of ether oxygens (including phenoxy) is 2. The van der Waals surface area contributed by atoms with Crippen LogP contribution in [0.15, 0.2) is 18.2 Å². The number of nitrogens with one attached hydrogen (secondary N) is 2. The molecular formula is C17H26N2O3. The highest BCUT2D eigenvalue weighted by molar-refractivity contribution is 5.93. The Balaban J connectivity index is 2.06. The molecule has 1 aliphatic heterocycles. The highest BCUT2D eigenvalue weighted by atomic mass is 16.5. The van der Waals surface area contributed by atoms with Crippen LogP contribution in [-0.4, -0.2) is 39.3 Å². The van der Waals surface area contributed by atoms with Crippen molar-refractivity contribution in [1.29, 1.82) is 0 Å². The zero-order valence-electron chi connectivity index (χ0n) is 13.5. The van der Waals surface area contributed by atoms with Gasteiger partial charge in [-0.2, -0.15) is 0 Å². The van der Waals surface area contributed by atoms with Gasteiger partial charge in [-0.1, -0.05) is 6.07 Å². The van der Waals surface area contributed by atoms with E-state index in [0.29, 0.717) is 18.2 Å². The Labute approximate surface area is 132 Å². The smallest absolute Gasteiger partial charge is 0.250 e. The molecule has 2 rings (SSSR count). The molecule has 1 unspecified atom stereocenters. The van der Waals surface area contributed by atoms with Gasteiger partial charge in [-0.25, -0.2) is 0 Å². The number of anilines is 1. The van der Waals surface area contributed by atoms with Gasteiger partial charge >= 0.3 is 0 Å². The minimum absolute atomic E-state index is 0.0427. The Morgan fingerprint density at radius 2 is 2.32 bits per heavy atom. The van der Waals surface area contributed by atoms with E-state index < -0.39 is 0 Å². The van der Waals surface area contributed by atoms with Gasteiger partial charge in [0.15, 0.2) is 0 Å². The summed E-state index contributed by atoms with van der Waals surface area (Å²) >= 11 is 0. The molecule has 2 N–H and O–H groups in total. The summed E-state index contributed by atoms with van der Waals surface area (Å²) in [7, 11) is 1.50. The van der Waals surface area contributed by atoms with Gasteiger partial charge in [0.2, 0.25) is 5.91 Å². The lowest BCUT2D eigenvalue weighted by molar-refractivity contribution is -0.119. The van der Waals surface area contributed by atoms with E-state index in [9.17, 15) is 4.79 Å². The maximum absolute atomic E-state index is 11.7. The van der Waals surface area contributed by atoms with Crippen molar-refractivity contribution in [3.8, 4) is 5.75 Å². The quantitative estimate of drug-likeness (QED) is 0.811. The highest BCUT2D eigenvalue weighted by Gasteiger charge is 2.15. The average Bonchev–Trinajstić information content (AvgIpc) is 2.51. The summed E-state index contributed by atoms with van der Waals surface area (Å²) in [6.45, 7) is 4.77. The largest absolute Gasteiger partial charge is 0.492 e. The average molecular weight is 306 g/mol. The monoisotopic (exact) mass is 306 g/mol. The number of rotatable bonds is 7. The lowest BCUT2D eigenvalue weighted by atomic mass is 9.92. The van der Waals surface area contributed by atoms with Crippen molar-refractivity contribution in [2.45, 2.75) is 26.2 Å². The fourth-order valence-electron chi connectivity index (χ4n) is 2.82. The zero-order valence-corrected chi connectivity index (χ0v) is 13.5. The number of carbonyl (C=O) groups excluding carboxylic acids is 1. The van der Waals surface area contributed by atoms with Crippen LogP contribution < -0.4 is 15.4 Å². The van der Waals surface area contributed by atoms with Gasteiger partial charge in [-0.15, -0.1) is 0 Å². The summed E-state index contributed by atoms with van der Waals surface area (Å²) in [5.41, 5.74) is 1.95. The molecule has 1 aromatic carbocycles. The third kappa shape index (κ3) is 5.00. The van der Waals surface area contributed by atoms with E-state index in [2.05, 4.69) is 16.7 Å². The number of amides is 1. The second-order valence-electron chi connectivity index (χ2n) is 5.66. The lowest BCUT2D eigenvalue weighted by Crippen LogP contribution is -2.30. The normalized spacial score (nSPS) is 18.0. The summed E-state index contributed by atoms with van der Waals surface area (Å²) in [5, 5.41) is 6.27. The van der Waals surface area contributed by atoms with Crippen LogP contribution in [-0.2, 0) is 16.0 Å². The van der Waals surface area contributed by atoms with Gasteiger partial charge in [0.05, 0.1) is 12.3 Å². The van der Waals surface area contributed by atoms with Crippen molar-refractivity contribution in [2.75, 3.05) is 38.7 Å². The molecule has 0 aromatic heterocycles. The van der Waals surface area contributed by atoms with Crippen LogP contribution in [0.2, 0.25) is 0 Å². The number of piperidine rings is 1. The van der Waals surface area contributed by atoms with Crippen molar-refractivity contribution in [1.82, 2.24) is 5.32 Å². The fourth-order valence-corrected chi connectivity index (χ4v) is 2.82. The first-order valence-corrected chi connectivity index (χ1v) is 7.98. The van der Waals surface area contributed by atoms with E-state index >= 15 is 0 Å².